The average molecular weight is 396 g/mol. The number of nitrogens with zero attached hydrogens (tertiary/aromatic N) is 2. The maximum atomic E-state index is 13.2. The van der Waals surface area contributed by atoms with E-state index in [1.54, 1.807) is 0 Å². The van der Waals surface area contributed by atoms with E-state index in [-0.39, 0.29) is 18.0 Å². The van der Waals surface area contributed by atoms with E-state index < -0.39 is 0 Å². The molecule has 0 radical (unpaired) electrons. The van der Waals surface area contributed by atoms with Crippen molar-refractivity contribution in [3.8, 4) is 0 Å². The van der Waals surface area contributed by atoms with Gasteiger partial charge in [0.25, 0.3) is 0 Å². The molecule has 1 aliphatic rings. The maximum absolute atomic E-state index is 13.2. The summed E-state index contributed by atoms with van der Waals surface area (Å²) in [6, 6.07) is 18.5. The highest BCUT2D eigenvalue weighted by atomic mass is 16.5. The van der Waals surface area contributed by atoms with Gasteiger partial charge in [-0.25, -0.2) is 0 Å². The molecule has 156 valence electrons. The van der Waals surface area contributed by atoms with E-state index in [1.807, 2.05) is 37.4 Å². The van der Waals surface area contributed by atoms with Gasteiger partial charge in [-0.15, -0.1) is 0 Å². The Morgan fingerprint density at radius 1 is 1.10 bits per heavy atom. The maximum Gasteiger partial charge on any atom is 0.242 e. The number of amides is 1. The fourth-order valence-corrected chi connectivity index (χ4v) is 3.94. The summed E-state index contributed by atoms with van der Waals surface area (Å²) in [7, 11) is 2.00. The molecule has 2 unspecified atom stereocenters. The second kappa shape index (κ2) is 10.5. The van der Waals surface area contributed by atoms with Gasteiger partial charge in [0.15, 0.2) is 0 Å². The predicted octanol–water partition coefficient (Wildman–Crippen LogP) is 3.18. The Morgan fingerprint density at radius 3 is 2.45 bits per heavy atom. The van der Waals surface area contributed by atoms with Crippen LogP contribution in [-0.2, 0) is 9.53 Å². The molecule has 29 heavy (non-hydrogen) atoms. The second-order valence-electron chi connectivity index (χ2n) is 7.71. The lowest BCUT2D eigenvalue weighted by Gasteiger charge is -2.35. The Bertz CT molecular complexity index is 775. The number of likely N-dealkylation sites (N-methyl/N-ethyl adjacent to an activating group) is 1. The molecule has 5 nitrogen and oxygen atoms in total. The van der Waals surface area contributed by atoms with Crippen molar-refractivity contribution >= 4 is 5.91 Å². The van der Waals surface area contributed by atoms with Crippen LogP contribution < -0.4 is 5.32 Å². The highest BCUT2D eigenvalue weighted by molar-refractivity contribution is 5.83. The van der Waals surface area contributed by atoms with Crippen LogP contribution in [0.5, 0.6) is 0 Å². The van der Waals surface area contributed by atoms with Gasteiger partial charge in [-0.2, -0.15) is 0 Å². The number of morpholine rings is 1. The zero-order chi connectivity index (χ0) is 20.6. The minimum atomic E-state index is -0.288. The number of rotatable bonds is 8. The van der Waals surface area contributed by atoms with Crippen molar-refractivity contribution in [2.75, 3.05) is 46.4 Å². The molecule has 2 aromatic rings. The number of benzene rings is 2. The predicted molar refractivity (Wildman–Crippen MR) is 117 cm³/mol. The Hall–Kier alpha value is -2.21. The van der Waals surface area contributed by atoms with Gasteiger partial charge in [0.1, 0.15) is 6.04 Å². The first-order valence-corrected chi connectivity index (χ1v) is 10.5. The van der Waals surface area contributed by atoms with Gasteiger partial charge in [0, 0.05) is 19.6 Å². The minimum Gasteiger partial charge on any atom is -0.379 e. The normalized spacial score (nSPS) is 17.1. The molecule has 2 aromatic carbocycles. The van der Waals surface area contributed by atoms with E-state index >= 15 is 0 Å². The summed E-state index contributed by atoms with van der Waals surface area (Å²) in [5.74, 6) is 0.0477. The quantitative estimate of drug-likeness (QED) is 0.746. The third kappa shape index (κ3) is 5.66. The van der Waals surface area contributed by atoms with Crippen LogP contribution in [0.25, 0.3) is 0 Å². The largest absolute Gasteiger partial charge is 0.379 e. The number of carbonyl (C=O) groups excluding carboxylic acids is 1. The van der Waals surface area contributed by atoms with Crippen LogP contribution in [0.1, 0.15) is 35.7 Å². The molecule has 0 spiro atoms. The molecule has 1 fully saturated rings. The van der Waals surface area contributed by atoms with Gasteiger partial charge in [-0.3, -0.25) is 14.6 Å². The van der Waals surface area contributed by atoms with Crippen LogP contribution in [0.2, 0.25) is 0 Å². The van der Waals surface area contributed by atoms with Crippen LogP contribution >= 0.6 is 0 Å². The number of ether oxygens (including phenoxy) is 1. The van der Waals surface area contributed by atoms with Crippen molar-refractivity contribution < 1.29 is 9.53 Å². The molecule has 0 aliphatic carbocycles. The zero-order valence-corrected chi connectivity index (χ0v) is 17.8. The Balaban J connectivity index is 1.77. The first-order chi connectivity index (χ1) is 14.1. The summed E-state index contributed by atoms with van der Waals surface area (Å²) in [6.07, 6.45) is 0. The Morgan fingerprint density at radius 2 is 1.79 bits per heavy atom. The second-order valence-corrected chi connectivity index (χ2v) is 7.71. The molecule has 1 amide bonds. The molecule has 3 rings (SSSR count). The van der Waals surface area contributed by atoms with Gasteiger partial charge in [-0.1, -0.05) is 67.1 Å². The first-order valence-electron chi connectivity index (χ1n) is 10.5. The first kappa shape index (κ1) is 21.5. The number of carbonyl (C=O) groups is 1. The molecular weight excluding hydrogens is 362 g/mol. The fourth-order valence-electron chi connectivity index (χ4n) is 3.94. The molecule has 0 bridgehead atoms. The molecule has 1 aliphatic heterocycles. The van der Waals surface area contributed by atoms with Crippen LogP contribution in [0, 0.1) is 6.92 Å². The summed E-state index contributed by atoms with van der Waals surface area (Å²) in [5, 5.41) is 3.25. The van der Waals surface area contributed by atoms with Crippen molar-refractivity contribution in [3.63, 3.8) is 0 Å². The van der Waals surface area contributed by atoms with Gasteiger partial charge >= 0.3 is 0 Å². The summed E-state index contributed by atoms with van der Waals surface area (Å²) in [5.41, 5.74) is 3.50. The average Bonchev–Trinajstić information content (AvgIpc) is 2.75. The van der Waals surface area contributed by atoms with E-state index in [0.29, 0.717) is 6.54 Å². The fraction of sp³-hybridized carbons (Fsp3) is 0.458. The molecule has 5 heteroatoms. The summed E-state index contributed by atoms with van der Waals surface area (Å²) < 4.78 is 5.54. The lowest BCUT2D eigenvalue weighted by Crippen LogP contribution is -2.46. The van der Waals surface area contributed by atoms with E-state index in [4.69, 9.17) is 4.74 Å². The van der Waals surface area contributed by atoms with Gasteiger partial charge in [0.2, 0.25) is 5.91 Å². The van der Waals surface area contributed by atoms with Crippen molar-refractivity contribution in [3.05, 3.63) is 71.3 Å². The van der Waals surface area contributed by atoms with Gasteiger partial charge < -0.3 is 10.1 Å². The van der Waals surface area contributed by atoms with Crippen molar-refractivity contribution in [2.45, 2.75) is 25.9 Å². The van der Waals surface area contributed by atoms with E-state index in [9.17, 15) is 4.79 Å². The highest BCUT2D eigenvalue weighted by Crippen LogP contribution is 2.24. The van der Waals surface area contributed by atoms with Crippen LogP contribution in [0.3, 0.4) is 0 Å². The third-order valence-electron chi connectivity index (χ3n) is 5.69. The van der Waals surface area contributed by atoms with Crippen LogP contribution in [-0.4, -0.2) is 62.1 Å². The van der Waals surface area contributed by atoms with Crippen molar-refractivity contribution in [1.29, 1.82) is 0 Å². The van der Waals surface area contributed by atoms with Crippen molar-refractivity contribution in [2.24, 2.45) is 0 Å². The molecule has 0 saturated carbocycles. The van der Waals surface area contributed by atoms with E-state index in [2.05, 4.69) is 53.2 Å². The topological polar surface area (TPSA) is 44.8 Å². The number of nitrogens with one attached hydrogen (secondary N) is 1. The molecule has 0 aromatic heterocycles. The number of hydrogen-bond acceptors (Lipinski definition) is 4. The standard InChI is InChI=1S/C24H33N3O2/c1-4-26(3)23(20-10-6-5-7-11-20)24(28)25-18-22(27-13-15-29-16-14-27)21-12-8-9-19(2)17-21/h5-12,17,22-23H,4,13-16,18H2,1-3H3,(H,25,28). The highest BCUT2D eigenvalue weighted by Gasteiger charge is 2.27. The number of aryl methyl sites for hydroxylation is 1. The summed E-state index contributed by atoms with van der Waals surface area (Å²) in [6.45, 7) is 8.81. The monoisotopic (exact) mass is 395 g/mol. The minimum absolute atomic E-state index is 0.0477. The third-order valence-corrected chi connectivity index (χ3v) is 5.69. The van der Waals surface area contributed by atoms with Gasteiger partial charge in [0.05, 0.1) is 19.3 Å². The molecular formula is C24H33N3O2. The SMILES string of the molecule is CCN(C)C(C(=O)NCC(c1cccc(C)c1)N1CCOCC1)c1ccccc1. The lowest BCUT2D eigenvalue weighted by atomic mass is 10.0. The van der Waals surface area contributed by atoms with Crippen LogP contribution in [0.15, 0.2) is 54.6 Å². The Kier molecular flexibility index (Phi) is 7.81. The summed E-state index contributed by atoms with van der Waals surface area (Å²) >= 11 is 0. The summed E-state index contributed by atoms with van der Waals surface area (Å²) in [4.78, 5) is 17.7. The molecule has 1 N–H and O–H groups in total. The Labute approximate surface area is 174 Å². The zero-order valence-electron chi connectivity index (χ0n) is 17.8. The van der Waals surface area contributed by atoms with Crippen LogP contribution in [0.4, 0.5) is 0 Å². The molecule has 2 atom stereocenters. The van der Waals surface area contributed by atoms with E-state index in [1.165, 1.54) is 11.1 Å². The smallest absolute Gasteiger partial charge is 0.242 e. The molecule has 1 saturated heterocycles. The van der Waals surface area contributed by atoms with E-state index in [0.717, 1.165) is 38.4 Å². The molecule has 1 heterocycles. The van der Waals surface area contributed by atoms with Gasteiger partial charge in [-0.05, 0) is 31.6 Å². The lowest BCUT2D eigenvalue weighted by molar-refractivity contribution is -0.126. The van der Waals surface area contributed by atoms with Crippen molar-refractivity contribution in [1.82, 2.24) is 15.1 Å². The number of hydrogen-bond donors (Lipinski definition) is 1.